The normalized spacial score (nSPS) is 10.6. The molecule has 128 valence electrons. The van der Waals surface area contributed by atoms with Gasteiger partial charge < -0.3 is 5.32 Å². The van der Waals surface area contributed by atoms with Crippen LogP contribution in [0.25, 0.3) is 17.1 Å². The Kier molecular flexibility index (Phi) is 4.21. The van der Waals surface area contributed by atoms with Gasteiger partial charge in [0.15, 0.2) is 5.82 Å². The summed E-state index contributed by atoms with van der Waals surface area (Å²) in [6.07, 6.45) is 10.1. The molecule has 8 heteroatoms. The van der Waals surface area contributed by atoms with Gasteiger partial charge >= 0.3 is 0 Å². The van der Waals surface area contributed by atoms with E-state index in [-0.39, 0.29) is 5.91 Å². The van der Waals surface area contributed by atoms with Crippen molar-refractivity contribution in [1.82, 2.24) is 35.3 Å². The van der Waals surface area contributed by atoms with Crippen LogP contribution in [0.4, 0.5) is 0 Å². The zero-order valence-electron chi connectivity index (χ0n) is 13.7. The molecule has 4 aromatic heterocycles. The molecule has 2 N–H and O–H groups in total. The van der Waals surface area contributed by atoms with Crippen LogP contribution in [0.3, 0.4) is 0 Å². The summed E-state index contributed by atoms with van der Waals surface area (Å²) in [4.78, 5) is 21.1. The van der Waals surface area contributed by atoms with Gasteiger partial charge in [-0.3, -0.25) is 14.9 Å². The molecule has 0 bridgehead atoms. The molecule has 26 heavy (non-hydrogen) atoms. The molecule has 0 saturated carbocycles. The second-order valence-electron chi connectivity index (χ2n) is 5.52. The lowest BCUT2D eigenvalue weighted by Crippen LogP contribution is -2.24. The number of carbonyl (C=O) groups is 1. The predicted molar refractivity (Wildman–Crippen MR) is 94.3 cm³/mol. The Bertz CT molecular complexity index is 1010. The van der Waals surface area contributed by atoms with E-state index in [1.54, 1.807) is 29.5 Å². The molecule has 8 nitrogen and oxygen atoms in total. The van der Waals surface area contributed by atoms with Crippen molar-refractivity contribution in [2.45, 2.75) is 6.54 Å². The van der Waals surface area contributed by atoms with E-state index in [0.717, 1.165) is 11.1 Å². The maximum absolute atomic E-state index is 12.6. The number of rotatable bonds is 5. The lowest BCUT2D eigenvalue weighted by molar-refractivity contribution is 0.0951. The van der Waals surface area contributed by atoms with Gasteiger partial charge in [0.1, 0.15) is 0 Å². The Balaban J connectivity index is 1.54. The largest absolute Gasteiger partial charge is 0.348 e. The molecule has 4 heterocycles. The van der Waals surface area contributed by atoms with Crippen molar-refractivity contribution < 1.29 is 4.79 Å². The summed E-state index contributed by atoms with van der Waals surface area (Å²) in [5, 5.41) is 14.0. The van der Waals surface area contributed by atoms with Gasteiger partial charge in [-0.2, -0.15) is 10.2 Å². The minimum Gasteiger partial charge on any atom is -0.348 e. The molecular formula is C18H15N7O. The first-order valence-corrected chi connectivity index (χ1v) is 7.99. The van der Waals surface area contributed by atoms with Gasteiger partial charge in [0.2, 0.25) is 0 Å². The van der Waals surface area contributed by atoms with Gasteiger partial charge in [0.25, 0.3) is 5.91 Å². The molecule has 0 unspecified atom stereocenters. The summed E-state index contributed by atoms with van der Waals surface area (Å²) in [6, 6.07) is 9.23. The van der Waals surface area contributed by atoms with E-state index < -0.39 is 0 Å². The molecule has 4 aromatic rings. The molecule has 0 aliphatic heterocycles. The molecule has 1 amide bonds. The van der Waals surface area contributed by atoms with Crippen molar-refractivity contribution in [3.63, 3.8) is 0 Å². The van der Waals surface area contributed by atoms with Crippen LogP contribution in [-0.4, -0.2) is 35.9 Å². The summed E-state index contributed by atoms with van der Waals surface area (Å²) in [6.45, 7) is 0.319. The topological polar surface area (TPSA) is 101 Å². The highest BCUT2D eigenvalue weighted by atomic mass is 16.1. The number of aromatic amines is 1. The third-order valence-electron chi connectivity index (χ3n) is 3.86. The number of nitrogens with one attached hydrogen (secondary N) is 2. The molecule has 0 atom stereocenters. The van der Waals surface area contributed by atoms with Crippen molar-refractivity contribution in [3.8, 4) is 17.1 Å². The van der Waals surface area contributed by atoms with Crippen molar-refractivity contribution >= 4 is 5.91 Å². The number of carbonyl (C=O) groups excluding carboxylic acids is 1. The molecule has 0 aliphatic carbocycles. The highest BCUT2D eigenvalue weighted by Gasteiger charge is 2.16. The summed E-state index contributed by atoms with van der Waals surface area (Å²) < 4.78 is 1.67. The molecule has 0 aliphatic rings. The van der Waals surface area contributed by atoms with Crippen LogP contribution in [0.1, 0.15) is 15.9 Å². The second kappa shape index (κ2) is 6.98. The third kappa shape index (κ3) is 3.07. The number of amides is 1. The third-order valence-corrected chi connectivity index (χ3v) is 3.86. The van der Waals surface area contributed by atoms with E-state index in [1.807, 2.05) is 36.5 Å². The van der Waals surface area contributed by atoms with Crippen LogP contribution in [0.5, 0.6) is 0 Å². The molecule has 0 radical (unpaired) electrons. The first kappa shape index (κ1) is 15.7. The fourth-order valence-corrected chi connectivity index (χ4v) is 2.63. The Hall–Kier alpha value is -3.81. The Morgan fingerprint density at radius 3 is 2.85 bits per heavy atom. The van der Waals surface area contributed by atoms with Gasteiger partial charge in [-0.05, 0) is 24.3 Å². The average Bonchev–Trinajstić information content (AvgIpc) is 3.39. The average molecular weight is 345 g/mol. The monoisotopic (exact) mass is 345 g/mol. The molecule has 0 aromatic carbocycles. The van der Waals surface area contributed by atoms with Crippen molar-refractivity contribution in [2.24, 2.45) is 0 Å². The van der Waals surface area contributed by atoms with Gasteiger partial charge in [0.05, 0.1) is 17.5 Å². The van der Waals surface area contributed by atoms with Crippen LogP contribution in [-0.2, 0) is 6.54 Å². The Labute approximate surface area is 148 Å². The van der Waals surface area contributed by atoms with Crippen LogP contribution < -0.4 is 5.32 Å². The van der Waals surface area contributed by atoms with E-state index in [0.29, 0.717) is 23.6 Å². The first-order valence-electron chi connectivity index (χ1n) is 7.99. The quantitative estimate of drug-likeness (QED) is 0.576. The predicted octanol–water partition coefficient (Wildman–Crippen LogP) is 1.98. The SMILES string of the molecule is O=C(NCc1cccnc1-n1cccn1)c1cn[nH]c1-c1cccnc1. The molecule has 0 fully saturated rings. The number of aromatic nitrogens is 6. The maximum Gasteiger partial charge on any atom is 0.255 e. The number of pyridine rings is 2. The number of nitrogens with zero attached hydrogens (tertiary/aromatic N) is 5. The minimum absolute atomic E-state index is 0.229. The van der Waals surface area contributed by atoms with E-state index in [4.69, 9.17) is 0 Å². The van der Waals surface area contributed by atoms with E-state index in [1.165, 1.54) is 6.20 Å². The molecule has 0 saturated heterocycles. The van der Waals surface area contributed by atoms with Gasteiger partial charge in [0, 0.05) is 48.7 Å². The van der Waals surface area contributed by atoms with Crippen LogP contribution in [0.2, 0.25) is 0 Å². The van der Waals surface area contributed by atoms with Crippen molar-refractivity contribution in [1.29, 1.82) is 0 Å². The molecule has 0 spiro atoms. The van der Waals surface area contributed by atoms with Crippen LogP contribution in [0.15, 0.2) is 67.5 Å². The summed E-state index contributed by atoms with van der Waals surface area (Å²) in [7, 11) is 0. The zero-order chi connectivity index (χ0) is 17.8. The lowest BCUT2D eigenvalue weighted by Gasteiger charge is -2.10. The summed E-state index contributed by atoms with van der Waals surface area (Å²) >= 11 is 0. The summed E-state index contributed by atoms with van der Waals surface area (Å²) in [5.41, 5.74) is 2.75. The molecular weight excluding hydrogens is 330 g/mol. The van der Waals surface area contributed by atoms with Gasteiger partial charge in [-0.1, -0.05) is 6.07 Å². The Morgan fingerprint density at radius 2 is 2.04 bits per heavy atom. The van der Waals surface area contributed by atoms with E-state index in [9.17, 15) is 4.79 Å². The number of H-pyrrole nitrogens is 1. The van der Waals surface area contributed by atoms with Crippen molar-refractivity contribution in [2.75, 3.05) is 0 Å². The first-order chi connectivity index (χ1) is 12.8. The zero-order valence-corrected chi connectivity index (χ0v) is 13.7. The standard InChI is InChI=1S/C18H15N7O/c26-18(15-12-22-24-16(15)13-4-1-6-19-10-13)21-11-14-5-2-7-20-17(14)25-9-3-8-23-25/h1-10,12H,11H2,(H,21,26)(H,22,24). The maximum atomic E-state index is 12.6. The minimum atomic E-state index is -0.229. The highest BCUT2D eigenvalue weighted by molar-refractivity contribution is 5.99. The summed E-state index contributed by atoms with van der Waals surface area (Å²) in [5.74, 6) is 0.449. The van der Waals surface area contributed by atoms with Crippen molar-refractivity contribution in [3.05, 3.63) is 78.6 Å². The van der Waals surface area contributed by atoms with Gasteiger partial charge in [-0.25, -0.2) is 9.67 Å². The van der Waals surface area contributed by atoms with Crippen LogP contribution >= 0.6 is 0 Å². The number of hydrogen-bond acceptors (Lipinski definition) is 5. The van der Waals surface area contributed by atoms with E-state index in [2.05, 4.69) is 30.6 Å². The smallest absolute Gasteiger partial charge is 0.255 e. The fourth-order valence-electron chi connectivity index (χ4n) is 2.63. The molecule has 4 rings (SSSR count). The van der Waals surface area contributed by atoms with Crippen LogP contribution in [0, 0.1) is 0 Å². The van der Waals surface area contributed by atoms with E-state index >= 15 is 0 Å². The Morgan fingerprint density at radius 1 is 1.12 bits per heavy atom. The second-order valence-corrected chi connectivity index (χ2v) is 5.52. The lowest BCUT2D eigenvalue weighted by atomic mass is 10.1. The highest BCUT2D eigenvalue weighted by Crippen LogP contribution is 2.20. The fraction of sp³-hybridized carbons (Fsp3) is 0.0556. The number of hydrogen-bond donors (Lipinski definition) is 2. The van der Waals surface area contributed by atoms with Gasteiger partial charge in [-0.15, -0.1) is 0 Å².